The third kappa shape index (κ3) is 7.40. The lowest BCUT2D eigenvalue weighted by molar-refractivity contribution is 0.206. The van der Waals surface area contributed by atoms with Gasteiger partial charge in [0.05, 0.1) is 7.11 Å². The molecule has 1 fully saturated rings. The van der Waals surface area contributed by atoms with E-state index in [1.165, 1.54) is 44.5 Å². The van der Waals surface area contributed by atoms with Gasteiger partial charge in [0.1, 0.15) is 5.75 Å². The average molecular weight is 460 g/mol. The van der Waals surface area contributed by atoms with E-state index >= 15 is 0 Å². The third-order valence-corrected chi connectivity index (χ3v) is 4.57. The summed E-state index contributed by atoms with van der Waals surface area (Å²) in [5, 5.41) is 6.99. The molecule has 6 heteroatoms. The molecule has 0 bridgehead atoms. The van der Waals surface area contributed by atoms with Crippen LogP contribution in [-0.4, -0.2) is 57.2 Å². The van der Waals surface area contributed by atoms with E-state index in [0.29, 0.717) is 6.04 Å². The van der Waals surface area contributed by atoms with E-state index < -0.39 is 0 Å². The van der Waals surface area contributed by atoms with Crippen LogP contribution in [0.1, 0.15) is 31.7 Å². The number of aliphatic imine (C=N–C) groups is 1. The number of halogens is 1. The van der Waals surface area contributed by atoms with Crippen molar-refractivity contribution in [3.8, 4) is 5.75 Å². The highest BCUT2D eigenvalue weighted by atomic mass is 127. The van der Waals surface area contributed by atoms with Crippen LogP contribution >= 0.6 is 24.0 Å². The topological polar surface area (TPSA) is 48.9 Å². The van der Waals surface area contributed by atoms with Crippen LogP contribution < -0.4 is 15.4 Å². The molecule has 25 heavy (non-hydrogen) atoms. The Morgan fingerprint density at radius 2 is 2.00 bits per heavy atom. The van der Waals surface area contributed by atoms with Gasteiger partial charge in [-0.1, -0.05) is 25.1 Å². The lowest BCUT2D eigenvalue weighted by Gasteiger charge is -2.32. The minimum atomic E-state index is 0. The Morgan fingerprint density at radius 3 is 2.64 bits per heavy atom. The summed E-state index contributed by atoms with van der Waals surface area (Å²) >= 11 is 0. The molecule has 0 amide bonds. The van der Waals surface area contributed by atoms with E-state index in [1.54, 1.807) is 7.11 Å². The third-order valence-electron chi connectivity index (χ3n) is 4.57. The number of benzene rings is 1. The van der Waals surface area contributed by atoms with Gasteiger partial charge in [0.2, 0.25) is 0 Å². The molecule has 0 atom stereocenters. The van der Waals surface area contributed by atoms with Crippen LogP contribution in [0.5, 0.6) is 5.75 Å². The Bertz CT molecular complexity index is 516. The first-order valence-electron chi connectivity index (χ1n) is 9.08. The summed E-state index contributed by atoms with van der Waals surface area (Å²) in [6, 6.07) is 8.69. The van der Waals surface area contributed by atoms with Crippen LogP contribution in [0, 0.1) is 0 Å². The first-order chi connectivity index (χ1) is 11.8. The second-order valence-corrected chi connectivity index (χ2v) is 6.32. The molecule has 0 unspecified atom stereocenters. The van der Waals surface area contributed by atoms with Crippen molar-refractivity contribution in [3.63, 3.8) is 0 Å². The summed E-state index contributed by atoms with van der Waals surface area (Å²) in [5.74, 6) is 1.85. The smallest absolute Gasteiger partial charge is 0.191 e. The van der Waals surface area contributed by atoms with Crippen molar-refractivity contribution < 1.29 is 4.74 Å². The number of hydrogen-bond donors (Lipinski definition) is 2. The van der Waals surface area contributed by atoms with Crippen LogP contribution in [0.25, 0.3) is 0 Å². The van der Waals surface area contributed by atoms with E-state index in [2.05, 4.69) is 39.6 Å². The number of likely N-dealkylation sites (tertiary alicyclic amines) is 1. The Morgan fingerprint density at radius 1 is 1.28 bits per heavy atom. The number of nitrogens with one attached hydrogen (secondary N) is 2. The fourth-order valence-corrected chi connectivity index (χ4v) is 3.23. The van der Waals surface area contributed by atoms with Gasteiger partial charge >= 0.3 is 0 Å². The lowest BCUT2D eigenvalue weighted by Crippen LogP contribution is -2.49. The summed E-state index contributed by atoms with van der Waals surface area (Å²) in [7, 11) is 3.56. The Kier molecular flexibility index (Phi) is 10.9. The summed E-state index contributed by atoms with van der Waals surface area (Å²) in [6.45, 7) is 6.68. The molecular formula is C19H33IN4O. The van der Waals surface area contributed by atoms with Gasteiger partial charge in [0.15, 0.2) is 5.96 Å². The largest absolute Gasteiger partial charge is 0.496 e. The number of nitrogens with zero attached hydrogens (tertiary/aromatic N) is 2. The van der Waals surface area contributed by atoms with Crippen molar-refractivity contribution >= 4 is 29.9 Å². The van der Waals surface area contributed by atoms with Crippen LogP contribution in [0.2, 0.25) is 0 Å². The van der Waals surface area contributed by atoms with Gasteiger partial charge in [0, 0.05) is 32.7 Å². The van der Waals surface area contributed by atoms with Gasteiger partial charge in [0.25, 0.3) is 0 Å². The highest BCUT2D eigenvalue weighted by Crippen LogP contribution is 2.17. The van der Waals surface area contributed by atoms with Crippen LogP contribution in [-0.2, 0) is 6.42 Å². The maximum absolute atomic E-state index is 5.40. The van der Waals surface area contributed by atoms with E-state index in [0.717, 1.165) is 24.7 Å². The molecule has 2 N–H and O–H groups in total. The normalized spacial score (nSPS) is 16.2. The maximum Gasteiger partial charge on any atom is 0.191 e. The molecule has 1 aliphatic heterocycles. The number of hydrogen-bond acceptors (Lipinski definition) is 3. The SMILES string of the molecule is CCCN1CCC(NC(=NC)NCCc2ccccc2OC)CC1.I. The Balaban J connectivity index is 0.00000312. The first-order valence-corrected chi connectivity index (χ1v) is 9.08. The molecule has 1 saturated heterocycles. The number of para-hydroxylation sites is 1. The quantitative estimate of drug-likeness (QED) is 0.373. The second kappa shape index (κ2) is 12.4. The van der Waals surface area contributed by atoms with Crippen LogP contribution in [0.4, 0.5) is 0 Å². The molecule has 5 nitrogen and oxygen atoms in total. The molecule has 0 spiro atoms. The van der Waals surface area contributed by atoms with E-state index in [-0.39, 0.29) is 24.0 Å². The van der Waals surface area contributed by atoms with E-state index in [4.69, 9.17) is 4.74 Å². The van der Waals surface area contributed by atoms with Crippen molar-refractivity contribution in [2.24, 2.45) is 4.99 Å². The molecule has 0 radical (unpaired) electrons. The molecule has 1 heterocycles. The average Bonchev–Trinajstić information content (AvgIpc) is 2.63. The molecule has 0 aliphatic carbocycles. The van der Waals surface area contributed by atoms with Gasteiger partial charge < -0.3 is 20.3 Å². The van der Waals surface area contributed by atoms with Crippen molar-refractivity contribution in [3.05, 3.63) is 29.8 Å². The predicted octanol–water partition coefficient (Wildman–Crippen LogP) is 2.90. The Hall–Kier alpha value is -1.02. The minimum absolute atomic E-state index is 0. The van der Waals surface area contributed by atoms with Gasteiger partial charge in [-0.15, -0.1) is 24.0 Å². The number of piperidine rings is 1. The summed E-state index contributed by atoms with van der Waals surface area (Å²) in [6.07, 6.45) is 4.53. The monoisotopic (exact) mass is 460 g/mol. The molecule has 1 aliphatic rings. The summed E-state index contributed by atoms with van der Waals surface area (Å²) < 4.78 is 5.40. The first kappa shape index (κ1) is 22.0. The lowest BCUT2D eigenvalue weighted by atomic mass is 10.1. The molecule has 2 rings (SSSR count). The second-order valence-electron chi connectivity index (χ2n) is 6.32. The highest BCUT2D eigenvalue weighted by Gasteiger charge is 2.19. The summed E-state index contributed by atoms with van der Waals surface area (Å²) in [4.78, 5) is 6.91. The van der Waals surface area contributed by atoms with Crippen molar-refractivity contribution in [2.45, 2.75) is 38.6 Å². The maximum atomic E-state index is 5.40. The zero-order valence-electron chi connectivity index (χ0n) is 15.8. The van der Waals surface area contributed by atoms with Crippen LogP contribution in [0.15, 0.2) is 29.3 Å². The molecule has 1 aromatic carbocycles. The molecular weight excluding hydrogens is 427 g/mol. The van der Waals surface area contributed by atoms with Gasteiger partial charge in [-0.3, -0.25) is 4.99 Å². The minimum Gasteiger partial charge on any atom is -0.496 e. The van der Waals surface area contributed by atoms with Gasteiger partial charge in [-0.2, -0.15) is 0 Å². The van der Waals surface area contributed by atoms with Crippen LogP contribution in [0.3, 0.4) is 0 Å². The summed E-state index contributed by atoms with van der Waals surface area (Å²) in [5.41, 5.74) is 1.22. The molecule has 142 valence electrons. The fourth-order valence-electron chi connectivity index (χ4n) is 3.23. The number of ether oxygens (including phenoxy) is 1. The standard InChI is InChI=1S/C19H32N4O.HI/c1-4-13-23-14-10-17(11-15-23)22-19(20-2)21-12-9-16-7-5-6-8-18(16)24-3;/h5-8,17H,4,9-15H2,1-3H3,(H2,20,21,22);1H. The van der Waals surface area contributed by atoms with E-state index in [1.807, 2.05) is 19.2 Å². The number of guanidine groups is 1. The zero-order chi connectivity index (χ0) is 17.2. The molecule has 0 saturated carbocycles. The molecule has 1 aromatic rings. The van der Waals surface area contributed by atoms with Crippen molar-refractivity contribution in [1.29, 1.82) is 0 Å². The zero-order valence-corrected chi connectivity index (χ0v) is 18.1. The predicted molar refractivity (Wildman–Crippen MR) is 116 cm³/mol. The molecule has 0 aromatic heterocycles. The fraction of sp³-hybridized carbons (Fsp3) is 0.632. The number of methoxy groups -OCH3 is 1. The van der Waals surface area contributed by atoms with E-state index in [9.17, 15) is 0 Å². The highest BCUT2D eigenvalue weighted by molar-refractivity contribution is 14.0. The van der Waals surface area contributed by atoms with Crippen molar-refractivity contribution in [1.82, 2.24) is 15.5 Å². The number of rotatable bonds is 7. The van der Waals surface area contributed by atoms with Gasteiger partial charge in [-0.05, 0) is 43.9 Å². The van der Waals surface area contributed by atoms with Gasteiger partial charge in [-0.25, -0.2) is 0 Å². The Labute approximate surface area is 169 Å². The van der Waals surface area contributed by atoms with Crippen molar-refractivity contribution in [2.75, 3.05) is 40.3 Å².